The van der Waals surface area contributed by atoms with Crippen molar-refractivity contribution < 1.29 is 4.79 Å². The zero-order chi connectivity index (χ0) is 26.2. The third-order valence-corrected chi connectivity index (χ3v) is 8.10. The molecule has 0 radical (unpaired) electrons. The predicted molar refractivity (Wildman–Crippen MR) is 150 cm³/mol. The molecule has 3 aliphatic rings. The lowest BCUT2D eigenvalue weighted by atomic mass is 9.82. The molecule has 192 valence electrons. The molecule has 7 nitrogen and oxygen atoms in total. The summed E-state index contributed by atoms with van der Waals surface area (Å²) in [5.41, 5.74) is 12.5. The number of fused-ring (bicyclic) bond motifs is 1. The molecule has 5 rings (SSSR count). The first-order valence-corrected chi connectivity index (χ1v) is 13.7. The van der Waals surface area contributed by atoms with Gasteiger partial charge in [-0.1, -0.05) is 54.1 Å². The Morgan fingerprint density at radius 2 is 1.89 bits per heavy atom. The number of benzene rings is 2. The summed E-state index contributed by atoms with van der Waals surface area (Å²) in [6.45, 7) is 10.1. The molecule has 3 aliphatic heterocycles. The highest BCUT2D eigenvalue weighted by Crippen LogP contribution is 2.38. The number of imidazole rings is 1. The van der Waals surface area contributed by atoms with E-state index in [9.17, 15) is 4.79 Å². The third kappa shape index (κ3) is 4.83. The Morgan fingerprint density at radius 3 is 2.54 bits per heavy atom. The molecule has 4 N–H and O–H groups in total. The molecule has 37 heavy (non-hydrogen) atoms. The van der Waals surface area contributed by atoms with Gasteiger partial charge in [-0.05, 0) is 68.1 Å². The van der Waals surface area contributed by atoms with Crippen molar-refractivity contribution in [2.24, 2.45) is 5.73 Å². The second-order valence-corrected chi connectivity index (χ2v) is 10.9. The van der Waals surface area contributed by atoms with Gasteiger partial charge in [-0.25, -0.2) is 9.97 Å². The van der Waals surface area contributed by atoms with Crippen LogP contribution in [0, 0.1) is 20.8 Å². The number of amides is 1. The molecule has 0 aliphatic carbocycles. The molecule has 2 aromatic carbocycles. The molecular weight excluding hydrogens is 480 g/mol. The van der Waals surface area contributed by atoms with Gasteiger partial charge < -0.3 is 20.9 Å². The number of anilines is 1. The maximum atomic E-state index is 13.3. The number of nitrogens with one attached hydrogen (secondary N) is 2. The first-order chi connectivity index (χ1) is 17.8. The summed E-state index contributed by atoms with van der Waals surface area (Å²) in [4.78, 5) is 23.0. The summed E-state index contributed by atoms with van der Waals surface area (Å²) in [5, 5.41) is 7.53. The molecule has 3 heterocycles. The minimum Gasteiger partial charge on any atom is -0.380 e. The fraction of sp³-hybridized carbons (Fsp3) is 0.345. The van der Waals surface area contributed by atoms with Crippen LogP contribution in [-0.2, 0) is 16.1 Å². The fourth-order valence-corrected chi connectivity index (χ4v) is 6.06. The lowest BCUT2D eigenvalue weighted by molar-refractivity contribution is -0.124. The number of rotatable bonds is 9. The molecule has 1 fully saturated rings. The van der Waals surface area contributed by atoms with Gasteiger partial charge in [-0.3, -0.25) is 4.79 Å². The van der Waals surface area contributed by atoms with Crippen molar-refractivity contribution in [3.8, 4) is 11.5 Å². The topological polar surface area (TPSA) is 97.9 Å². The van der Waals surface area contributed by atoms with Crippen molar-refractivity contribution in [2.45, 2.75) is 56.6 Å². The standard InChI is InChI=1S/C29H34N6OS/c1-5-29(27(30)36,24-14-22(9-8-20(24)4)32-23-15-31-16-23)35-10-6-7-25-26(35)34-28(33-25)37-17-21-12-18(2)11-19(3)13-21/h6-14,23,31-32H,5,15-17H2,1-4H3,(H2,30,36). The Morgan fingerprint density at radius 1 is 1.14 bits per heavy atom. The van der Waals surface area contributed by atoms with Crippen LogP contribution >= 0.6 is 11.8 Å². The highest BCUT2D eigenvalue weighted by atomic mass is 32.2. The van der Waals surface area contributed by atoms with E-state index in [1.54, 1.807) is 11.8 Å². The molecule has 1 unspecified atom stereocenters. The Kier molecular flexibility index (Phi) is 6.96. The average Bonchev–Trinajstić information content (AvgIpc) is 3.25. The van der Waals surface area contributed by atoms with Crippen LogP contribution in [0.2, 0.25) is 0 Å². The molecule has 1 saturated heterocycles. The van der Waals surface area contributed by atoms with Crippen LogP contribution < -0.4 is 16.4 Å². The largest absolute Gasteiger partial charge is 0.380 e. The lowest BCUT2D eigenvalue weighted by Crippen LogP contribution is -2.51. The summed E-state index contributed by atoms with van der Waals surface area (Å²) < 4.78 is 1.93. The van der Waals surface area contributed by atoms with E-state index in [-0.39, 0.29) is 0 Å². The van der Waals surface area contributed by atoms with Crippen molar-refractivity contribution in [2.75, 3.05) is 18.4 Å². The molecule has 0 bridgehead atoms. The van der Waals surface area contributed by atoms with E-state index in [4.69, 9.17) is 15.7 Å². The van der Waals surface area contributed by atoms with E-state index >= 15 is 0 Å². The van der Waals surface area contributed by atoms with E-state index in [0.717, 1.165) is 41.4 Å². The number of aryl methyl sites for hydroxylation is 3. The number of aromatic nitrogens is 3. The average molecular weight is 515 g/mol. The summed E-state index contributed by atoms with van der Waals surface area (Å²) in [7, 11) is 0. The van der Waals surface area contributed by atoms with Gasteiger partial charge in [-0.15, -0.1) is 0 Å². The van der Waals surface area contributed by atoms with Gasteiger partial charge in [0.15, 0.2) is 11.0 Å². The van der Waals surface area contributed by atoms with Crippen LogP contribution in [0.1, 0.15) is 41.2 Å². The third-order valence-electron chi connectivity index (χ3n) is 7.18. The normalized spacial score (nSPS) is 15.4. The smallest absolute Gasteiger partial charge is 0.248 e. The van der Waals surface area contributed by atoms with E-state index in [1.165, 1.54) is 16.7 Å². The minimum atomic E-state index is -1.10. The number of nitrogens with two attached hydrogens (primary N) is 1. The predicted octanol–water partition coefficient (Wildman–Crippen LogP) is 4.62. The van der Waals surface area contributed by atoms with Crippen LogP contribution in [0.5, 0.6) is 0 Å². The Balaban J connectivity index is 1.54. The van der Waals surface area contributed by atoms with Gasteiger partial charge in [0.25, 0.3) is 0 Å². The monoisotopic (exact) mass is 514 g/mol. The van der Waals surface area contributed by atoms with Gasteiger partial charge in [-0.2, -0.15) is 0 Å². The van der Waals surface area contributed by atoms with Gasteiger partial charge in [0.1, 0.15) is 11.2 Å². The summed E-state index contributed by atoms with van der Waals surface area (Å²) in [6.07, 6.45) is 2.39. The van der Waals surface area contributed by atoms with Crippen molar-refractivity contribution >= 4 is 23.4 Å². The van der Waals surface area contributed by atoms with Crippen molar-refractivity contribution in [3.05, 3.63) is 82.5 Å². The van der Waals surface area contributed by atoms with E-state index in [1.807, 2.05) is 36.7 Å². The molecule has 2 aromatic rings. The highest BCUT2D eigenvalue weighted by Gasteiger charge is 2.42. The van der Waals surface area contributed by atoms with Crippen LogP contribution in [-0.4, -0.2) is 39.6 Å². The van der Waals surface area contributed by atoms with Crippen molar-refractivity contribution in [3.63, 3.8) is 0 Å². The summed E-state index contributed by atoms with van der Waals surface area (Å²) >= 11 is 1.60. The zero-order valence-electron chi connectivity index (χ0n) is 21.8. The maximum Gasteiger partial charge on any atom is 0.248 e. The van der Waals surface area contributed by atoms with E-state index < -0.39 is 11.4 Å². The van der Waals surface area contributed by atoms with Gasteiger partial charge in [0, 0.05) is 30.7 Å². The molecule has 1 amide bonds. The number of nitrogens with zero attached hydrogens (tertiary/aromatic N) is 3. The van der Waals surface area contributed by atoms with E-state index in [0.29, 0.717) is 23.4 Å². The molecule has 0 saturated carbocycles. The minimum absolute atomic E-state index is 0.383. The van der Waals surface area contributed by atoms with Gasteiger partial charge in [0.2, 0.25) is 5.91 Å². The molecule has 0 spiro atoms. The number of primary amides is 1. The van der Waals surface area contributed by atoms with Crippen molar-refractivity contribution in [1.29, 1.82) is 0 Å². The SMILES string of the molecule is CCC(C(N)=O)(c1cc(NC2CNC2)ccc1C)n1cccc2nc(SCc3cc(C)cc(C)c3)nc1-2. The molecule has 1 atom stereocenters. The Hall–Kier alpha value is -3.36. The quantitative estimate of drug-likeness (QED) is 0.282. The first-order valence-electron chi connectivity index (χ1n) is 12.7. The lowest BCUT2D eigenvalue weighted by Gasteiger charge is -2.36. The highest BCUT2D eigenvalue weighted by molar-refractivity contribution is 7.98. The molecule has 8 heteroatoms. The number of pyridine rings is 1. The summed E-state index contributed by atoms with van der Waals surface area (Å²) in [6, 6.07) is 17.0. The number of hydrogen-bond donors (Lipinski definition) is 3. The fourth-order valence-electron chi connectivity index (χ4n) is 5.28. The Labute approximate surface area is 222 Å². The van der Waals surface area contributed by atoms with Gasteiger partial charge in [0.05, 0.1) is 6.04 Å². The number of carbonyl (C=O) groups excluding carboxylic acids is 1. The zero-order valence-corrected chi connectivity index (χ0v) is 22.7. The van der Waals surface area contributed by atoms with Crippen LogP contribution in [0.15, 0.2) is 59.9 Å². The molecular formula is C29H34N6OS. The van der Waals surface area contributed by atoms with E-state index in [2.05, 4.69) is 60.9 Å². The maximum absolute atomic E-state index is 13.3. The number of hydrogen-bond acceptors (Lipinski definition) is 6. The Bertz CT molecular complexity index is 1390. The van der Waals surface area contributed by atoms with Crippen LogP contribution in [0.25, 0.3) is 11.5 Å². The van der Waals surface area contributed by atoms with Crippen LogP contribution in [0.3, 0.4) is 0 Å². The van der Waals surface area contributed by atoms with Gasteiger partial charge >= 0.3 is 0 Å². The summed E-state index contributed by atoms with van der Waals surface area (Å²) in [5.74, 6) is 1.02. The van der Waals surface area contributed by atoms with Crippen LogP contribution in [0.4, 0.5) is 5.69 Å². The first kappa shape index (κ1) is 25.3. The number of thioether (sulfide) groups is 1. The second kappa shape index (κ2) is 10.2. The second-order valence-electron chi connectivity index (χ2n) is 9.99. The number of carbonyl (C=O) groups is 1. The molecule has 0 aromatic heterocycles. The van der Waals surface area contributed by atoms with Crippen molar-refractivity contribution in [1.82, 2.24) is 19.9 Å².